The molecule has 43 heavy (non-hydrogen) atoms. The number of hydrogen-bond donors (Lipinski definition) is 3. The highest BCUT2D eigenvalue weighted by Gasteiger charge is 2.42. The molecule has 0 saturated heterocycles. The Morgan fingerprint density at radius 1 is 0.744 bits per heavy atom. The number of carbonyl (C=O) groups is 3. The average molecular weight is 591 g/mol. The molecule has 0 heterocycles. The van der Waals surface area contributed by atoms with Crippen molar-refractivity contribution < 1.29 is 37.4 Å². The molecule has 0 spiro atoms. The summed E-state index contributed by atoms with van der Waals surface area (Å²) < 4.78 is 48.5. The van der Waals surface area contributed by atoms with Crippen molar-refractivity contribution in [3.63, 3.8) is 0 Å². The number of carboxylic acid groups (broad SMARTS) is 1. The summed E-state index contributed by atoms with van der Waals surface area (Å²) in [5.41, 5.74) is 2.13. The number of benzene rings is 4. The van der Waals surface area contributed by atoms with Gasteiger partial charge in [-0.05, 0) is 91.1 Å². The maximum Gasteiger partial charge on any atom is 0.399 e. The third kappa shape index (κ3) is 7.03. The van der Waals surface area contributed by atoms with Crippen molar-refractivity contribution in [2.75, 3.05) is 12.4 Å². The zero-order chi connectivity index (χ0) is 31.5. The summed E-state index contributed by atoms with van der Waals surface area (Å²) in [5, 5.41) is 14.8. The molecule has 2 amide bonds. The first-order chi connectivity index (χ1) is 20.3. The molecular formula is C33H29F3N2O5. The minimum atomic E-state index is -4.56. The van der Waals surface area contributed by atoms with Crippen LogP contribution in [0.1, 0.15) is 64.8 Å². The summed E-state index contributed by atoms with van der Waals surface area (Å²) in [4.78, 5) is 37.1. The summed E-state index contributed by atoms with van der Waals surface area (Å²) in [6.45, 7) is 5.14. The number of amides is 2. The van der Waals surface area contributed by atoms with Gasteiger partial charge in [-0.3, -0.25) is 9.59 Å². The van der Waals surface area contributed by atoms with E-state index in [1.165, 1.54) is 61.6 Å². The Morgan fingerprint density at radius 2 is 1.40 bits per heavy atom. The maximum absolute atomic E-state index is 14.2. The lowest BCUT2D eigenvalue weighted by Gasteiger charge is -2.23. The molecule has 222 valence electrons. The fourth-order valence-electron chi connectivity index (χ4n) is 4.65. The third-order valence-corrected chi connectivity index (χ3v) is 7.05. The molecule has 3 N–H and O–H groups in total. The van der Waals surface area contributed by atoms with Crippen LogP contribution in [0.3, 0.4) is 0 Å². The van der Waals surface area contributed by atoms with E-state index in [9.17, 15) is 32.7 Å². The van der Waals surface area contributed by atoms with Crippen LogP contribution in [0.15, 0.2) is 78.9 Å². The minimum Gasteiger partial charge on any atom is -0.478 e. The fourth-order valence-corrected chi connectivity index (χ4v) is 4.65. The van der Waals surface area contributed by atoms with Gasteiger partial charge in [0.25, 0.3) is 11.8 Å². The lowest BCUT2D eigenvalue weighted by molar-refractivity contribution is -0.141. The van der Waals surface area contributed by atoms with Crippen LogP contribution in [-0.2, 0) is 0 Å². The molecule has 7 nitrogen and oxygen atoms in total. The van der Waals surface area contributed by atoms with Gasteiger partial charge in [0.2, 0.25) is 0 Å². The smallest absolute Gasteiger partial charge is 0.399 e. The van der Waals surface area contributed by atoms with Gasteiger partial charge < -0.3 is 20.5 Å². The third-order valence-electron chi connectivity index (χ3n) is 7.05. The predicted molar refractivity (Wildman–Crippen MR) is 156 cm³/mol. The second-order valence-electron chi connectivity index (χ2n) is 10.1. The first-order valence-electron chi connectivity index (χ1n) is 13.2. The van der Waals surface area contributed by atoms with Crippen LogP contribution in [0.4, 0.5) is 18.9 Å². The van der Waals surface area contributed by atoms with Crippen molar-refractivity contribution in [3.05, 3.63) is 123 Å². The van der Waals surface area contributed by atoms with Crippen LogP contribution in [-0.4, -0.2) is 36.1 Å². The molecule has 0 bridgehead atoms. The molecule has 1 unspecified atom stereocenters. The average Bonchev–Trinajstić information content (AvgIpc) is 2.95. The monoisotopic (exact) mass is 590 g/mol. The van der Waals surface area contributed by atoms with Crippen LogP contribution in [0.2, 0.25) is 0 Å². The van der Waals surface area contributed by atoms with Crippen molar-refractivity contribution in [2.24, 2.45) is 0 Å². The van der Waals surface area contributed by atoms with E-state index < -0.39 is 24.0 Å². The summed E-state index contributed by atoms with van der Waals surface area (Å²) >= 11 is 0. The molecule has 0 aliphatic rings. The fraction of sp³-hybridized carbons (Fsp3) is 0.182. The standard InChI is InChI=1S/C33H29F3N2O5/c1-18-8-9-21(14-19(18)2)29(33(34,35)36)22-10-13-28(20(3)15-22)38-31(40)27-17-25(11-12-26(27)32(41)42)43-24-7-5-6-23(16-24)30(39)37-4/h5-17,29H,1-4H3,(H,37,39)(H,38,40)(H,41,42). The quantitative estimate of drug-likeness (QED) is 0.198. The van der Waals surface area contributed by atoms with Crippen LogP contribution >= 0.6 is 0 Å². The number of halogens is 3. The Balaban J connectivity index is 1.63. The van der Waals surface area contributed by atoms with E-state index in [-0.39, 0.29) is 45.3 Å². The second kappa shape index (κ2) is 12.4. The summed E-state index contributed by atoms with van der Waals surface area (Å²) in [7, 11) is 1.49. The number of anilines is 1. The number of ether oxygens (including phenoxy) is 1. The zero-order valence-electron chi connectivity index (χ0n) is 23.8. The highest BCUT2D eigenvalue weighted by Crippen LogP contribution is 2.41. The van der Waals surface area contributed by atoms with Gasteiger partial charge in [0, 0.05) is 18.3 Å². The molecular weight excluding hydrogens is 561 g/mol. The Labute approximate surface area is 246 Å². The van der Waals surface area contributed by atoms with E-state index in [4.69, 9.17) is 4.74 Å². The SMILES string of the molecule is CNC(=O)c1cccc(Oc2ccc(C(=O)O)c(C(=O)Nc3ccc(C(c4ccc(C)c(C)c4)C(F)(F)F)cc3C)c2)c1. The van der Waals surface area contributed by atoms with Gasteiger partial charge in [0.1, 0.15) is 17.4 Å². The van der Waals surface area contributed by atoms with Gasteiger partial charge in [-0.25, -0.2) is 4.79 Å². The maximum atomic E-state index is 14.2. The Bertz CT molecular complexity index is 1720. The molecule has 0 fully saturated rings. The number of rotatable bonds is 8. The van der Waals surface area contributed by atoms with E-state index in [2.05, 4.69) is 10.6 Å². The summed E-state index contributed by atoms with van der Waals surface area (Å²) in [5.74, 6) is -3.93. The summed E-state index contributed by atoms with van der Waals surface area (Å²) in [6.07, 6.45) is -4.56. The Hall–Kier alpha value is -5.12. The zero-order valence-corrected chi connectivity index (χ0v) is 23.8. The van der Waals surface area contributed by atoms with E-state index in [1.807, 2.05) is 6.92 Å². The molecule has 1 atom stereocenters. The topological polar surface area (TPSA) is 105 Å². The van der Waals surface area contributed by atoms with Crippen molar-refractivity contribution in [2.45, 2.75) is 32.9 Å². The molecule has 4 aromatic rings. The molecule has 10 heteroatoms. The van der Waals surface area contributed by atoms with Crippen LogP contribution in [0.5, 0.6) is 11.5 Å². The number of nitrogens with one attached hydrogen (secondary N) is 2. The molecule has 0 aliphatic heterocycles. The van der Waals surface area contributed by atoms with Gasteiger partial charge in [0.05, 0.1) is 11.1 Å². The highest BCUT2D eigenvalue weighted by atomic mass is 19.4. The molecule has 0 saturated carbocycles. The lowest BCUT2D eigenvalue weighted by Crippen LogP contribution is -2.22. The normalized spacial score (nSPS) is 11.9. The molecule has 4 aromatic carbocycles. The second-order valence-corrected chi connectivity index (χ2v) is 10.1. The Morgan fingerprint density at radius 3 is 2.00 bits per heavy atom. The summed E-state index contributed by atoms with van der Waals surface area (Å²) in [6, 6.07) is 18.8. The van der Waals surface area contributed by atoms with Gasteiger partial charge in [-0.1, -0.05) is 36.4 Å². The van der Waals surface area contributed by atoms with Gasteiger partial charge in [-0.15, -0.1) is 0 Å². The van der Waals surface area contributed by atoms with E-state index in [0.717, 1.165) is 11.1 Å². The number of hydrogen-bond acceptors (Lipinski definition) is 4. The van der Waals surface area contributed by atoms with Crippen LogP contribution in [0.25, 0.3) is 0 Å². The highest BCUT2D eigenvalue weighted by molar-refractivity contribution is 6.11. The first kappa shape index (κ1) is 30.8. The largest absolute Gasteiger partial charge is 0.478 e. The molecule has 0 aromatic heterocycles. The van der Waals surface area contributed by atoms with Gasteiger partial charge in [0.15, 0.2) is 0 Å². The van der Waals surface area contributed by atoms with E-state index in [1.54, 1.807) is 38.1 Å². The van der Waals surface area contributed by atoms with Crippen molar-refractivity contribution in [1.29, 1.82) is 0 Å². The van der Waals surface area contributed by atoms with E-state index >= 15 is 0 Å². The lowest BCUT2D eigenvalue weighted by atomic mass is 9.88. The number of carbonyl (C=O) groups excluding carboxylic acids is 2. The van der Waals surface area contributed by atoms with Gasteiger partial charge >= 0.3 is 12.1 Å². The van der Waals surface area contributed by atoms with E-state index in [0.29, 0.717) is 11.1 Å². The minimum absolute atomic E-state index is 0.00635. The van der Waals surface area contributed by atoms with Crippen molar-refractivity contribution in [1.82, 2.24) is 5.32 Å². The first-order valence-corrected chi connectivity index (χ1v) is 13.2. The molecule has 0 aliphatic carbocycles. The predicted octanol–water partition coefficient (Wildman–Crippen LogP) is 7.41. The Kier molecular flexibility index (Phi) is 8.89. The molecule has 4 rings (SSSR count). The van der Waals surface area contributed by atoms with Crippen LogP contribution < -0.4 is 15.4 Å². The van der Waals surface area contributed by atoms with Gasteiger partial charge in [-0.2, -0.15) is 13.2 Å². The molecule has 0 radical (unpaired) electrons. The van der Waals surface area contributed by atoms with Crippen molar-refractivity contribution >= 4 is 23.5 Å². The number of aryl methyl sites for hydroxylation is 3. The van der Waals surface area contributed by atoms with Crippen molar-refractivity contribution in [3.8, 4) is 11.5 Å². The number of carboxylic acids is 1. The van der Waals surface area contributed by atoms with Crippen LogP contribution in [0, 0.1) is 20.8 Å². The number of alkyl halides is 3. The number of aromatic carboxylic acids is 1.